The standard InChI is InChI=1S/C20H23ClN4O3/c1-15(20(26)22-18-7-2-3-8-19(18)25(27)28)24-11-9-23(10-12-24)14-16-5-4-6-17(21)13-16/h2-8,13,15H,9-12,14H2,1H3,(H,22,26). The molecule has 0 bridgehead atoms. The third-order valence-corrected chi connectivity index (χ3v) is 5.22. The number of hydrogen-bond acceptors (Lipinski definition) is 5. The lowest BCUT2D eigenvalue weighted by Gasteiger charge is -2.37. The van der Waals surface area contributed by atoms with Gasteiger partial charge in [0.05, 0.1) is 11.0 Å². The molecule has 7 nitrogen and oxygen atoms in total. The Balaban J connectivity index is 1.54. The van der Waals surface area contributed by atoms with Crippen molar-refractivity contribution in [2.24, 2.45) is 0 Å². The van der Waals surface area contributed by atoms with Gasteiger partial charge < -0.3 is 5.32 Å². The van der Waals surface area contributed by atoms with Gasteiger partial charge >= 0.3 is 0 Å². The molecule has 0 aliphatic carbocycles. The molecule has 148 valence electrons. The van der Waals surface area contributed by atoms with Gasteiger partial charge in [-0.2, -0.15) is 0 Å². The second kappa shape index (κ2) is 9.14. The first-order valence-corrected chi connectivity index (χ1v) is 9.57. The van der Waals surface area contributed by atoms with Crippen LogP contribution >= 0.6 is 11.6 Å². The average molecular weight is 403 g/mol. The first-order valence-electron chi connectivity index (χ1n) is 9.19. The number of carbonyl (C=O) groups excluding carboxylic acids is 1. The lowest BCUT2D eigenvalue weighted by atomic mass is 10.1. The molecule has 1 atom stereocenters. The molecule has 1 aliphatic heterocycles. The van der Waals surface area contributed by atoms with Crippen LogP contribution in [0.1, 0.15) is 12.5 Å². The van der Waals surface area contributed by atoms with Crippen LogP contribution in [0.25, 0.3) is 0 Å². The van der Waals surface area contributed by atoms with E-state index in [4.69, 9.17) is 11.6 Å². The second-order valence-electron chi connectivity index (χ2n) is 6.88. The minimum absolute atomic E-state index is 0.102. The number of piperazine rings is 1. The lowest BCUT2D eigenvalue weighted by molar-refractivity contribution is -0.383. The fraction of sp³-hybridized carbons (Fsp3) is 0.350. The Kier molecular flexibility index (Phi) is 6.61. The van der Waals surface area contributed by atoms with Gasteiger partial charge in [-0.05, 0) is 30.7 Å². The summed E-state index contributed by atoms with van der Waals surface area (Å²) >= 11 is 6.05. The Morgan fingerprint density at radius 3 is 2.57 bits per heavy atom. The molecule has 2 aromatic carbocycles. The van der Waals surface area contributed by atoms with Gasteiger partial charge in [0.2, 0.25) is 5.91 Å². The first-order chi connectivity index (χ1) is 13.4. The van der Waals surface area contributed by atoms with E-state index in [1.54, 1.807) is 18.2 Å². The molecule has 1 aliphatic rings. The van der Waals surface area contributed by atoms with Gasteiger partial charge in [-0.3, -0.25) is 24.7 Å². The SMILES string of the molecule is CC(C(=O)Nc1ccccc1[N+](=O)[O-])N1CCN(Cc2cccc(Cl)c2)CC1. The van der Waals surface area contributed by atoms with Crippen LogP contribution < -0.4 is 5.32 Å². The summed E-state index contributed by atoms with van der Waals surface area (Å²) in [7, 11) is 0. The molecule has 0 radical (unpaired) electrons. The van der Waals surface area contributed by atoms with E-state index in [0.717, 1.165) is 37.7 Å². The van der Waals surface area contributed by atoms with Crippen LogP contribution in [-0.2, 0) is 11.3 Å². The van der Waals surface area contributed by atoms with E-state index in [0.29, 0.717) is 0 Å². The van der Waals surface area contributed by atoms with E-state index in [2.05, 4.69) is 21.2 Å². The highest BCUT2D eigenvalue weighted by atomic mass is 35.5. The topological polar surface area (TPSA) is 78.7 Å². The van der Waals surface area contributed by atoms with Crippen molar-refractivity contribution >= 4 is 28.9 Å². The summed E-state index contributed by atoms with van der Waals surface area (Å²) in [6.07, 6.45) is 0. The van der Waals surface area contributed by atoms with Gasteiger partial charge in [0.1, 0.15) is 5.69 Å². The van der Waals surface area contributed by atoms with Crippen LogP contribution in [0.15, 0.2) is 48.5 Å². The van der Waals surface area contributed by atoms with Gasteiger partial charge in [0.25, 0.3) is 5.69 Å². The van der Waals surface area contributed by atoms with E-state index in [1.165, 1.54) is 11.6 Å². The molecule has 0 saturated carbocycles. The van der Waals surface area contributed by atoms with E-state index >= 15 is 0 Å². The van der Waals surface area contributed by atoms with E-state index < -0.39 is 4.92 Å². The Morgan fingerprint density at radius 2 is 1.89 bits per heavy atom. The number of nitro groups is 1. The van der Waals surface area contributed by atoms with Crippen molar-refractivity contribution in [3.8, 4) is 0 Å². The maximum Gasteiger partial charge on any atom is 0.292 e. The van der Waals surface area contributed by atoms with Crippen LogP contribution in [0, 0.1) is 10.1 Å². The summed E-state index contributed by atoms with van der Waals surface area (Å²) in [5.41, 5.74) is 1.29. The normalized spacial score (nSPS) is 16.5. The van der Waals surface area contributed by atoms with Crippen LogP contribution in [0.3, 0.4) is 0 Å². The lowest BCUT2D eigenvalue weighted by Crippen LogP contribution is -2.52. The average Bonchev–Trinajstić information content (AvgIpc) is 2.68. The Morgan fingerprint density at radius 1 is 1.18 bits per heavy atom. The Labute approximate surface area is 169 Å². The van der Waals surface area contributed by atoms with Crippen molar-refractivity contribution in [3.05, 3.63) is 69.2 Å². The Bertz CT molecular complexity index is 853. The zero-order valence-corrected chi connectivity index (χ0v) is 16.4. The van der Waals surface area contributed by atoms with Crippen molar-refractivity contribution in [2.75, 3.05) is 31.5 Å². The number of halogens is 1. The van der Waals surface area contributed by atoms with Crippen molar-refractivity contribution in [2.45, 2.75) is 19.5 Å². The highest BCUT2D eigenvalue weighted by Crippen LogP contribution is 2.23. The predicted molar refractivity (Wildman–Crippen MR) is 109 cm³/mol. The number of para-hydroxylation sites is 2. The Hall–Kier alpha value is -2.48. The smallest absolute Gasteiger partial charge is 0.292 e. The summed E-state index contributed by atoms with van der Waals surface area (Å²) in [6, 6.07) is 13.6. The molecule has 1 amide bonds. The summed E-state index contributed by atoms with van der Waals surface area (Å²) in [5, 5.41) is 14.5. The van der Waals surface area contributed by atoms with Crippen molar-refractivity contribution in [3.63, 3.8) is 0 Å². The highest BCUT2D eigenvalue weighted by Gasteiger charge is 2.27. The van der Waals surface area contributed by atoms with Gasteiger partial charge in [-0.15, -0.1) is 0 Å². The van der Waals surface area contributed by atoms with Crippen LogP contribution in [-0.4, -0.2) is 52.9 Å². The monoisotopic (exact) mass is 402 g/mol. The largest absolute Gasteiger partial charge is 0.319 e. The van der Waals surface area contributed by atoms with Crippen LogP contribution in [0.2, 0.25) is 5.02 Å². The zero-order chi connectivity index (χ0) is 20.1. The number of amides is 1. The maximum atomic E-state index is 12.6. The minimum atomic E-state index is -0.491. The molecule has 8 heteroatoms. The molecule has 1 N–H and O–H groups in total. The molecule has 3 rings (SSSR count). The van der Waals surface area contributed by atoms with E-state index in [-0.39, 0.29) is 23.3 Å². The molecule has 0 aromatic heterocycles. The summed E-state index contributed by atoms with van der Waals surface area (Å²) in [5.74, 6) is -0.238. The summed E-state index contributed by atoms with van der Waals surface area (Å²) in [6.45, 7) is 5.85. The molecule has 1 unspecified atom stereocenters. The predicted octanol–water partition coefficient (Wildman–Crippen LogP) is 3.39. The van der Waals surface area contributed by atoms with Gasteiger partial charge in [0.15, 0.2) is 0 Å². The number of benzene rings is 2. The number of nitrogens with one attached hydrogen (secondary N) is 1. The maximum absolute atomic E-state index is 12.6. The molecule has 28 heavy (non-hydrogen) atoms. The summed E-state index contributed by atoms with van der Waals surface area (Å²) < 4.78 is 0. The molecule has 1 saturated heterocycles. The van der Waals surface area contributed by atoms with Gasteiger partial charge in [0, 0.05) is 43.8 Å². The number of rotatable bonds is 6. The first kappa shape index (κ1) is 20.3. The highest BCUT2D eigenvalue weighted by molar-refractivity contribution is 6.30. The fourth-order valence-electron chi connectivity index (χ4n) is 3.34. The van der Waals surface area contributed by atoms with Crippen LogP contribution in [0.4, 0.5) is 11.4 Å². The second-order valence-corrected chi connectivity index (χ2v) is 7.32. The molecule has 2 aromatic rings. The molecule has 1 heterocycles. The number of carbonyl (C=O) groups is 1. The number of nitrogens with zero attached hydrogens (tertiary/aromatic N) is 3. The number of nitro benzene ring substituents is 1. The van der Waals surface area contributed by atoms with E-state index in [1.807, 2.05) is 25.1 Å². The van der Waals surface area contributed by atoms with Crippen molar-refractivity contribution in [1.82, 2.24) is 9.80 Å². The fourth-order valence-corrected chi connectivity index (χ4v) is 3.56. The zero-order valence-electron chi connectivity index (χ0n) is 15.7. The van der Waals surface area contributed by atoms with Crippen molar-refractivity contribution in [1.29, 1.82) is 0 Å². The quantitative estimate of drug-likeness (QED) is 0.591. The third-order valence-electron chi connectivity index (χ3n) is 4.99. The molecular weight excluding hydrogens is 380 g/mol. The van der Waals surface area contributed by atoms with E-state index in [9.17, 15) is 14.9 Å². The molecular formula is C20H23ClN4O3. The molecule has 0 spiro atoms. The number of hydrogen-bond donors (Lipinski definition) is 1. The minimum Gasteiger partial charge on any atom is -0.319 e. The molecule has 1 fully saturated rings. The van der Waals surface area contributed by atoms with Gasteiger partial charge in [-0.1, -0.05) is 35.9 Å². The van der Waals surface area contributed by atoms with Gasteiger partial charge in [-0.25, -0.2) is 0 Å². The third kappa shape index (κ3) is 5.07. The number of anilines is 1. The summed E-state index contributed by atoms with van der Waals surface area (Å²) in [4.78, 5) is 27.6. The van der Waals surface area contributed by atoms with Crippen LogP contribution in [0.5, 0.6) is 0 Å². The van der Waals surface area contributed by atoms with Crippen molar-refractivity contribution < 1.29 is 9.72 Å².